The quantitative estimate of drug-likeness (QED) is 0.807. The molecule has 0 aliphatic heterocycles. The Kier molecular flexibility index (Phi) is 4.90. The van der Waals surface area contributed by atoms with Crippen LogP contribution in [-0.4, -0.2) is 17.8 Å². The first-order valence-electron chi connectivity index (χ1n) is 5.74. The van der Waals surface area contributed by atoms with Crippen molar-refractivity contribution in [2.45, 2.75) is 32.3 Å². The first-order chi connectivity index (χ1) is 7.61. The number of aliphatic hydroxyl groups is 1. The van der Waals surface area contributed by atoms with Gasteiger partial charge in [0.05, 0.1) is 6.10 Å². The zero-order chi connectivity index (χ0) is 12.1. The lowest BCUT2D eigenvalue weighted by atomic mass is 9.85. The largest absolute Gasteiger partial charge is 0.392 e. The zero-order valence-corrected chi connectivity index (χ0v) is 9.86. The lowest BCUT2D eigenvalue weighted by molar-refractivity contribution is 0.0874. The molecule has 0 amide bonds. The van der Waals surface area contributed by atoms with Gasteiger partial charge >= 0.3 is 0 Å². The van der Waals surface area contributed by atoms with Crippen LogP contribution < -0.4 is 5.73 Å². The molecule has 3 heteroatoms. The van der Waals surface area contributed by atoms with E-state index in [-0.39, 0.29) is 24.2 Å². The summed E-state index contributed by atoms with van der Waals surface area (Å²) in [4.78, 5) is 0. The molecule has 0 fully saturated rings. The number of hydrogen-bond donors (Lipinski definition) is 2. The van der Waals surface area contributed by atoms with Gasteiger partial charge in [-0.1, -0.05) is 38.5 Å². The van der Waals surface area contributed by atoms with Gasteiger partial charge in [-0.15, -0.1) is 0 Å². The fraction of sp³-hybridized carbons (Fsp3) is 0.538. The van der Waals surface area contributed by atoms with Gasteiger partial charge in [0.15, 0.2) is 0 Å². The van der Waals surface area contributed by atoms with Gasteiger partial charge in [0, 0.05) is 12.5 Å². The Morgan fingerprint density at radius 1 is 1.38 bits per heavy atom. The molecule has 1 aromatic rings. The van der Waals surface area contributed by atoms with E-state index in [1.165, 1.54) is 6.07 Å². The molecule has 0 radical (unpaired) electrons. The summed E-state index contributed by atoms with van der Waals surface area (Å²) in [6.07, 6.45) is 0.262. The molecule has 1 aromatic carbocycles. The number of nitrogens with two attached hydrogens (primary N) is 1. The Hall–Kier alpha value is -0.930. The van der Waals surface area contributed by atoms with Crippen molar-refractivity contribution in [2.75, 3.05) is 6.54 Å². The molecule has 0 heterocycles. The number of aliphatic hydroxyl groups excluding tert-OH is 1. The summed E-state index contributed by atoms with van der Waals surface area (Å²) >= 11 is 0. The van der Waals surface area contributed by atoms with Crippen molar-refractivity contribution >= 4 is 0 Å². The molecule has 3 N–H and O–H groups in total. The molecule has 3 atom stereocenters. The van der Waals surface area contributed by atoms with E-state index in [1.807, 2.05) is 13.8 Å². The van der Waals surface area contributed by atoms with E-state index in [1.54, 1.807) is 18.2 Å². The van der Waals surface area contributed by atoms with E-state index >= 15 is 0 Å². The van der Waals surface area contributed by atoms with Crippen molar-refractivity contribution in [3.8, 4) is 0 Å². The van der Waals surface area contributed by atoms with E-state index in [9.17, 15) is 9.50 Å². The highest BCUT2D eigenvalue weighted by Gasteiger charge is 2.25. The van der Waals surface area contributed by atoms with Crippen molar-refractivity contribution in [3.63, 3.8) is 0 Å². The van der Waals surface area contributed by atoms with Gasteiger partial charge in [-0.2, -0.15) is 0 Å². The van der Waals surface area contributed by atoms with Crippen LogP contribution in [0.2, 0.25) is 0 Å². The molecule has 0 saturated carbocycles. The predicted octanol–water partition coefficient (Wildman–Crippen LogP) is 2.28. The van der Waals surface area contributed by atoms with Gasteiger partial charge in [0.25, 0.3) is 0 Å². The van der Waals surface area contributed by atoms with E-state index in [2.05, 4.69) is 0 Å². The van der Waals surface area contributed by atoms with Crippen molar-refractivity contribution in [3.05, 3.63) is 35.6 Å². The van der Waals surface area contributed by atoms with E-state index in [0.29, 0.717) is 5.56 Å². The molecule has 0 aromatic heterocycles. The molecule has 2 nitrogen and oxygen atoms in total. The van der Waals surface area contributed by atoms with Crippen LogP contribution in [0.5, 0.6) is 0 Å². The van der Waals surface area contributed by atoms with Gasteiger partial charge in [-0.05, 0) is 17.5 Å². The summed E-state index contributed by atoms with van der Waals surface area (Å²) in [6.45, 7) is 4.21. The first-order valence-corrected chi connectivity index (χ1v) is 5.74. The Balaban J connectivity index is 2.94. The summed E-state index contributed by atoms with van der Waals surface area (Å²) in [6, 6.07) is 6.51. The summed E-state index contributed by atoms with van der Waals surface area (Å²) in [7, 11) is 0. The van der Waals surface area contributed by atoms with Crippen LogP contribution in [0.1, 0.15) is 31.7 Å². The predicted molar refractivity (Wildman–Crippen MR) is 63.7 cm³/mol. The van der Waals surface area contributed by atoms with Crippen molar-refractivity contribution in [1.29, 1.82) is 0 Å². The molecule has 0 spiro atoms. The molecule has 0 aliphatic rings. The third kappa shape index (κ3) is 2.80. The Morgan fingerprint density at radius 2 is 2.00 bits per heavy atom. The molecule has 0 bridgehead atoms. The van der Waals surface area contributed by atoms with Gasteiger partial charge in [0.1, 0.15) is 5.82 Å². The fourth-order valence-corrected chi connectivity index (χ4v) is 1.86. The van der Waals surface area contributed by atoms with Crippen LogP contribution in [0.4, 0.5) is 4.39 Å². The first kappa shape index (κ1) is 13.1. The minimum atomic E-state index is -0.591. The fourth-order valence-electron chi connectivity index (χ4n) is 1.86. The van der Waals surface area contributed by atoms with Crippen LogP contribution in [-0.2, 0) is 0 Å². The van der Waals surface area contributed by atoms with Gasteiger partial charge in [-0.3, -0.25) is 0 Å². The third-order valence-corrected chi connectivity index (χ3v) is 3.20. The summed E-state index contributed by atoms with van der Waals surface area (Å²) in [5, 5.41) is 10.1. The van der Waals surface area contributed by atoms with Crippen LogP contribution in [0, 0.1) is 11.7 Å². The molecule has 3 unspecified atom stereocenters. The molecule has 90 valence electrons. The van der Waals surface area contributed by atoms with Crippen LogP contribution in [0.3, 0.4) is 0 Å². The van der Waals surface area contributed by atoms with Gasteiger partial charge in [0.2, 0.25) is 0 Å². The normalized spacial score (nSPS) is 16.8. The second-order valence-electron chi connectivity index (χ2n) is 4.24. The van der Waals surface area contributed by atoms with E-state index in [0.717, 1.165) is 6.42 Å². The molecule has 0 saturated heterocycles. The molecule has 0 aliphatic carbocycles. The molecule has 16 heavy (non-hydrogen) atoms. The lowest BCUT2D eigenvalue weighted by Crippen LogP contribution is -2.31. The van der Waals surface area contributed by atoms with Crippen LogP contribution in [0.15, 0.2) is 24.3 Å². The minimum absolute atomic E-state index is 0.119. The standard InChI is InChI=1S/C13H20FNO/c1-3-9(2)13(16)11(8-15)10-6-4-5-7-12(10)14/h4-7,9,11,13,16H,3,8,15H2,1-2H3. The second-order valence-corrected chi connectivity index (χ2v) is 4.24. The van der Waals surface area contributed by atoms with Gasteiger partial charge < -0.3 is 10.8 Å². The third-order valence-electron chi connectivity index (χ3n) is 3.20. The maximum atomic E-state index is 13.6. The highest BCUT2D eigenvalue weighted by Crippen LogP contribution is 2.26. The van der Waals surface area contributed by atoms with Crippen molar-refractivity contribution < 1.29 is 9.50 Å². The zero-order valence-electron chi connectivity index (χ0n) is 9.86. The number of hydrogen-bond acceptors (Lipinski definition) is 2. The van der Waals surface area contributed by atoms with Crippen LogP contribution in [0.25, 0.3) is 0 Å². The smallest absolute Gasteiger partial charge is 0.126 e. The molecular formula is C13H20FNO. The Labute approximate surface area is 96.3 Å². The summed E-state index contributed by atoms with van der Waals surface area (Å²) in [5.74, 6) is -0.496. The number of halogens is 1. The van der Waals surface area contributed by atoms with Gasteiger partial charge in [-0.25, -0.2) is 4.39 Å². The SMILES string of the molecule is CCC(C)C(O)C(CN)c1ccccc1F. The van der Waals surface area contributed by atoms with Crippen LogP contribution >= 0.6 is 0 Å². The second kappa shape index (κ2) is 5.97. The average molecular weight is 225 g/mol. The monoisotopic (exact) mass is 225 g/mol. The summed E-state index contributed by atoms with van der Waals surface area (Å²) in [5.41, 5.74) is 6.15. The number of rotatable bonds is 5. The van der Waals surface area contributed by atoms with Crippen molar-refractivity contribution in [2.24, 2.45) is 11.7 Å². The van der Waals surface area contributed by atoms with Crippen molar-refractivity contribution in [1.82, 2.24) is 0 Å². The Morgan fingerprint density at radius 3 is 2.50 bits per heavy atom. The lowest BCUT2D eigenvalue weighted by Gasteiger charge is -2.26. The maximum absolute atomic E-state index is 13.6. The molecule has 1 rings (SSSR count). The molecular weight excluding hydrogens is 205 g/mol. The Bertz CT molecular complexity index is 329. The number of benzene rings is 1. The highest BCUT2D eigenvalue weighted by molar-refractivity contribution is 5.23. The van der Waals surface area contributed by atoms with E-state index < -0.39 is 6.10 Å². The minimum Gasteiger partial charge on any atom is -0.392 e. The topological polar surface area (TPSA) is 46.2 Å². The maximum Gasteiger partial charge on any atom is 0.126 e. The average Bonchev–Trinajstić information content (AvgIpc) is 2.31. The van der Waals surface area contributed by atoms with E-state index in [4.69, 9.17) is 5.73 Å². The summed E-state index contributed by atoms with van der Waals surface area (Å²) < 4.78 is 13.6. The highest BCUT2D eigenvalue weighted by atomic mass is 19.1.